The summed E-state index contributed by atoms with van der Waals surface area (Å²) < 4.78 is 0. The molecule has 0 heterocycles. The van der Waals surface area contributed by atoms with E-state index in [-0.39, 0.29) is 23.7 Å². The molecule has 1 aromatic carbocycles. The fourth-order valence-corrected chi connectivity index (χ4v) is 3.07. The first-order chi connectivity index (χ1) is 10.9. The van der Waals surface area contributed by atoms with Crippen LogP contribution in [0.2, 0.25) is 0 Å². The predicted octanol–water partition coefficient (Wildman–Crippen LogP) is 2.88. The Morgan fingerprint density at radius 2 is 2.13 bits per heavy atom. The molecule has 2 atom stereocenters. The Labute approximate surface area is 135 Å². The molecule has 2 rings (SSSR count). The first-order valence-electron chi connectivity index (χ1n) is 7.86. The molecule has 23 heavy (non-hydrogen) atoms. The normalized spacial score (nSPS) is 20.8. The minimum absolute atomic E-state index is 0.0127. The van der Waals surface area contributed by atoms with Crippen LogP contribution < -0.4 is 10.6 Å². The van der Waals surface area contributed by atoms with E-state index in [4.69, 9.17) is 0 Å². The van der Waals surface area contributed by atoms with Crippen LogP contribution in [0.4, 0.5) is 16.2 Å². The molecule has 1 aliphatic rings. The average molecular weight is 321 g/mol. The zero-order valence-electron chi connectivity index (χ0n) is 13.5. The van der Waals surface area contributed by atoms with Gasteiger partial charge in [0.1, 0.15) is 0 Å². The highest BCUT2D eigenvalue weighted by molar-refractivity contribution is 5.91. The van der Waals surface area contributed by atoms with Crippen LogP contribution in [0.15, 0.2) is 12.1 Å². The zero-order valence-corrected chi connectivity index (χ0v) is 13.5. The molecule has 7 nitrogen and oxygen atoms in total. The minimum atomic E-state index is -0.457. The van der Waals surface area contributed by atoms with E-state index in [2.05, 4.69) is 10.6 Å². The van der Waals surface area contributed by atoms with Crippen molar-refractivity contribution in [1.82, 2.24) is 5.32 Å². The number of aliphatic hydroxyl groups excluding tert-OH is 1. The number of aliphatic hydroxyl groups is 1. The van der Waals surface area contributed by atoms with Crippen molar-refractivity contribution in [3.63, 3.8) is 0 Å². The lowest BCUT2D eigenvalue weighted by atomic mass is 9.87. The molecule has 2 unspecified atom stereocenters. The van der Waals surface area contributed by atoms with Gasteiger partial charge in [-0.15, -0.1) is 0 Å². The Morgan fingerprint density at radius 3 is 2.78 bits per heavy atom. The van der Waals surface area contributed by atoms with Crippen LogP contribution in [0.5, 0.6) is 0 Å². The number of benzene rings is 1. The summed E-state index contributed by atoms with van der Waals surface area (Å²) >= 11 is 0. The van der Waals surface area contributed by atoms with Gasteiger partial charge in [0.2, 0.25) is 0 Å². The lowest BCUT2D eigenvalue weighted by Gasteiger charge is -2.26. The molecule has 0 aliphatic heterocycles. The van der Waals surface area contributed by atoms with Crippen molar-refractivity contribution in [3.05, 3.63) is 33.4 Å². The number of carbonyl (C=O) groups excluding carboxylic acids is 1. The standard InChI is InChI=1S/C16H23N3O4/c1-10-6-7-14(19(22)23)11(2)15(10)18-16(21)17-9-12-4-3-5-13(20)8-12/h6-7,12-13,20H,3-5,8-9H2,1-2H3,(H2,17,18,21). The van der Waals surface area contributed by atoms with Crippen LogP contribution in [0, 0.1) is 29.9 Å². The fraction of sp³-hybridized carbons (Fsp3) is 0.562. The van der Waals surface area contributed by atoms with E-state index in [1.807, 2.05) is 0 Å². The molecule has 2 amide bonds. The quantitative estimate of drug-likeness (QED) is 0.586. The highest BCUT2D eigenvalue weighted by atomic mass is 16.6. The summed E-state index contributed by atoms with van der Waals surface area (Å²) in [6.45, 7) is 3.91. The van der Waals surface area contributed by atoms with Crippen LogP contribution in [-0.2, 0) is 0 Å². The Bertz CT molecular complexity index is 603. The highest BCUT2D eigenvalue weighted by Crippen LogP contribution is 2.29. The number of nitrogens with one attached hydrogen (secondary N) is 2. The Kier molecular flexibility index (Phi) is 5.54. The molecule has 3 N–H and O–H groups in total. The van der Waals surface area contributed by atoms with Crippen LogP contribution in [0.1, 0.15) is 36.8 Å². The number of amides is 2. The number of nitro benzene ring substituents is 1. The Hall–Kier alpha value is -2.15. The van der Waals surface area contributed by atoms with Crippen LogP contribution in [0.3, 0.4) is 0 Å². The average Bonchev–Trinajstić information content (AvgIpc) is 2.49. The van der Waals surface area contributed by atoms with E-state index in [1.54, 1.807) is 19.9 Å². The number of nitro groups is 1. The molecule has 1 aliphatic carbocycles. The van der Waals surface area contributed by atoms with Gasteiger partial charge >= 0.3 is 6.03 Å². The smallest absolute Gasteiger partial charge is 0.319 e. The van der Waals surface area contributed by atoms with E-state index >= 15 is 0 Å². The maximum atomic E-state index is 12.1. The minimum Gasteiger partial charge on any atom is -0.393 e. The fourth-order valence-electron chi connectivity index (χ4n) is 3.07. The van der Waals surface area contributed by atoms with Crippen molar-refractivity contribution in [1.29, 1.82) is 0 Å². The molecule has 1 aromatic rings. The lowest BCUT2D eigenvalue weighted by Crippen LogP contribution is -2.35. The number of urea groups is 1. The third-order valence-electron chi connectivity index (χ3n) is 4.39. The van der Waals surface area contributed by atoms with Gasteiger partial charge in [-0.05, 0) is 44.6 Å². The molecular formula is C16H23N3O4. The first kappa shape index (κ1) is 17.2. The molecule has 126 valence electrons. The Morgan fingerprint density at radius 1 is 1.39 bits per heavy atom. The first-order valence-corrected chi connectivity index (χ1v) is 7.86. The van der Waals surface area contributed by atoms with Crippen molar-refractivity contribution in [2.24, 2.45) is 5.92 Å². The molecular weight excluding hydrogens is 298 g/mol. The monoisotopic (exact) mass is 321 g/mol. The van der Waals surface area contributed by atoms with E-state index in [0.717, 1.165) is 24.8 Å². The van der Waals surface area contributed by atoms with Crippen molar-refractivity contribution >= 4 is 17.4 Å². The van der Waals surface area contributed by atoms with Gasteiger partial charge in [0, 0.05) is 12.6 Å². The number of carbonyl (C=O) groups is 1. The summed E-state index contributed by atoms with van der Waals surface area (Å²) in [5, 5.41) is 26.1. The highest BCUT2D eigenvalue weighted by Gasteiger charge is 2.21. The van der Waals surface area contributed by atoms with Gasteiger partial charge in [0.25, 0.3) is 5.69 Å². The summed E-state index contributed by atoms with van der Waals surface area (Å²) in [5.74, 6) is 0.275. The number of rotatable bonds is 4. The number of hydrogen-bond acceptors (Lipinski definition) is 4. The van der Waals surface area contributed by atoms with Gasteiger partial charge in [-0.2, -0.15) is 0 Å². The van der Waals surface area contributed by atoms with Gasteiger partial charge in [0.15, 0.2) is 0 Å². The summed E-state index contributed by atoms with van der Waals surface area (Å²) in [6.07, 6.45) is 3.22. The zero-order chi connectivity index (χ0) is 17.0. The van der Waals surface area contributed by atoms with E-state index in [0.29, 0.717) is 24.2 Å². The van der Waals surface area contributed by atoms with Crippen LogP contribution in [-0.4, -0.2) is 28.7 Å². The van der Waals surface area contributed by atoms with Crippen LogP contribution in [0.25, 0.3) is 0 Å². The Balaban J connectivity index is 1.97. The van der Waals surface area contributed by atoms with Gasteiger partial charge in [0.05, 0.1) is 22.3 Å². The van der Waals surface area contributed by atoms with E-state index in [9.17, 15) is 20.0 Å². The second kappa shape index (κ2) is 7.41. The number of nitrogens with zero attached hydrogens (tertiary/aromatic N) is 1. The molecule has 1 saturated carbocycles. The topological polar surface area (TPSA) is 105 Å². The number of hydrogen-bond donors (Lipinski definition) is 3. The molecule has 7 heteroatoms. The summed E-state index contributed by atoms with van der Waals surface area (Å²) in [6, 6.07) is 2.69. The summed E-state index contributed by atoms with van der Waals surface area (Å²) in [7, 11) is 0. The molecule has 1 fully saturated rings. The van der Waals surface area contributed by atoms with Crippen molar-refractivity contribution in [3.8, 4) is 0 Å². The second-order valence-electron chi connectivity index (χ2n) is 6.18. The van der Waals surface area contributed by atoms with E-state index in [1.165, 1.54) is 6.07 Å². The second-order valence-corrected chi connectivity index (χ2v) is 6.18. The van der Waals surface area contributed by atoms with Gasteiger partial charge in [-0.3, -0.25) is 10.1 Å². The van der Waals surface area contributed by atoms with Crippen molar-refractivity contribution in [2.75, 3.05) is 11.9 Å². The molecule has 0 aromatic heterocycles. The largest absolute Gasteiger partial charge is 0.393 e. The van der Waals surface area contributed by atoms with Crippen molar-refractivity contribution < 1.29 is 14.8 Å². The van der Waals surface area contributed by atoms with Crippen molar-refractivity contribution in [2.45, 2.75) is 45.6 Å². The summed E-state index contributed by atoms with van der Waals surface area (Å²) in [5.41, 5.74) is 1.68. The molecule has 0 spiro atoms. The molecule has 0 radical (unpaired) electrons. The van der Waals surface area contributed by atoms with Gasteiger partial charge in [-0.1, -0.05) is 12.5 Å². The predicted molar refractivity (Wildman–Crippen MR) is 87.6 cm³/mol. The molecule has 0 bridgehead atoms. The van der Waals surface area contributed by atoms with E-state index < -0.39 is 4.92 Å². The van der Waals surface area contributed by atoms with Gasteiger partial charge < -0.3 is 15.7 Å². The third kappa shape index (κ3) is 4.41. The lowest BCUT2D eigenvalue weighted by molar-refractivity contribution is -0.385. The molecule has 0 saturated heterocycles. The maximum Gasteiger partial charge on any atom is 0.319 e. The SMILES string of the molecule is Cc1ccc([N+](=O)[O-])c(C)c1NC(=O)NCC1CCCC(O)C1. The number of anilines is 1. The third-order valence-corrected chi connectivity index (χ3v) is 4.39. The summed E-state index contributed by atoms with van der Waals surface area (Å²) in [4.78, 5) is 22.6. The maximum absolute atomic E-state index is 12.1. The number of aryl methyl sites for hydroxylation is 1. The van der Waals surface area contributed by atoms with Gasteiger partial charge in [-0.25, -0.2) is 4.79 Å². The van der Waals surface area contributed by atoms with Crippen LogP contribution >= 0.6 is 0 Å².